The smallest absolute Gasteiger partial charge is 0.313 e. The van der Waals surface area contributed by atoms with E-state index in [0.717, 1.165) is 51.1 Å². The average Bonchev–Trinajstić information content (AvgIpc) is 2.80. The first-order valence-corrected chi connectivity index (χ1v) is 11.5. The van der Waals surface area contributed by atoms with Crippen molar-refractivity contribution in [1.29, 1.82) is 0 Å². The van der Waals surface area contributed by atoms with Gasteiger partial charge in [-0.05, 0) is 55.3 Å². The molecule has 1 saturated heterocycles. The highest BCUT2D eigenvalue weighted by Crippen LogP contribution is 2.31. The number of nitrogens with zero attached hydrogens (tertiary/aromatic N) is 3. The van der Waals surface area contributed by atoms with Gasteiger partial charge in [-0.1, -0.05) is 18.2 Å². The van der Waals surface area contributed by atoms with Crippen molar-refractivity contribution in [2.75, 3.05) is 63.6 Å². The van der Waals surface area contributed by atoms with Crippen molar-refractivity contribution >= 4 is 23.2 Å². The van der Waals surface area contributed by atoms with Gasteiger partial charge in [0.25, 0.3) is 0 Å². The van der Waals surface area contributed by atoms with Gasteiger partial charge in [-0.15, -0.1) is 0 Å². The highest BCUT2D eigenvalue weighted by Gasteiger charge is 2.27. The number of carbonyl (C=O) groups is 2. The van der Waals surface area contributed by atoms with E-state index in [1.165, 1.54) is 29.4 Å². The molecule has 0 spiro atoms. The number of amides is 2. The number of anilines is 2. The number of likely N-dealkylation sites (N-methyl/N-ethyl adjacent to an activating group) is 1. The van der Waals surface area contributed by atoms with Crippen molar-refractivity contribution in [2.24, 2.45) is 0 Å². The Kier molecular flexibility index (Phi) is 7.25. The Morgan fingerprint density at radius 2 is 1.79 bits per heavy atom. The van der Waals surface area contributed by atoms with E-state index in [1.54, 1.807) is 6.07 Å². The van der Waals surface area contributed by atoms with E-state index < -0.39 is 17.6 Å². The second-order valence-electron chi connectivity index (χ2n) is 8.94. The van der Waals surface area contributed by atoms with Crippen LogP contribution < -0.4 is 15.5 Å². The highest BCUT2D eigenvalue weighted by atomic mass is 19.1. The predicted octanol–water partition coefficient (Wildman–Crippen LogP) is 2.25. The van der Waals surface area contributed by atoms with E-state index in [1.807, 2.05) is 0 Å². The lowest BCUT2D eigenvalue weighted by Gasteiger charge is -2.39. The molecule has 2 aliphatic heterocycles. The summed E-state index contributed by atoms with van der Waals surface area (Å²) in [5.41, 5.74) is 4.00. The third kappa shape index (κ3) is 5.69. The van der Waals surface area contributed by atoms with E-state index in [9.17, 15) is 14.0 Å². The van der Waals surface area contributed by atoms with Gasteiger partial charge in [0.15, 0.2) is 0 Å². The fraction of sp³-hybridized carbons (Fsp3) is 0.440. The van der Waals surface area contributed by atoms with Crippen LogP contribution in [0.3, 0.4) is 0 Å². The van der Waals surface area contributed by atoms with Gasteiger partial charge in [-0.2, -0.15) is 0 Å². The molecule has 2 aromatic rings. The normalized spacial score (nSPS) is 17.8. The van der Waals surface area contributed by atoms with E-state index in [0.29, 0.717) is 6.54 Å². The molecular formula is C25H32FN5O2. The van der Waals surface area contributed by atoms with Gasteiger partial charge in [-0.3, -0.25) is 14.5 Å². The lowest BCUT2D eigenvalue weighted by atomic mass is 9.95. The van der Waals surface area contributed by atoms with Crippen molar-refractivity contribution in [3.63, 3.8) is 0 Å². The first-order valence-electron chi connectivity index (χ1n) is 11.5. The number of rotatable bonds is 5. The Bertz CT molecular complexity index is 1010. The number of benzene rings is 2. The molecule has 2 aliphatic rings. The molecule has 1 fully saturated rings. The second kappa shape index (κ2) is 10.3. The van der Waals surface area contributed by atoms with Crippen LogP contribution in [0.1, 0.15) is 23.6 Å². The Morgan fingerprint density at radius 1 is 1.00 bits per heavy atom. The van der Waals surface area contributed by atoms with E-state index >= 15 is 0 Å². The topological polar surface area (TPSA) is 67.9 Å². The molecule has 176 valence electrons. The minimum atomic E-state index is -0.801. The monoisotopic (exact) mass is 453 g/mol. The summed E-state index contributed by atoms with van der Waals surface area (Å²) in [4.78, 5) is 31.8. The zero-order valence-electron chi connectivity index (χ0n) is 19.3. The molecule has 33 heavy (non-hydrogen) atoms. The SMILES string of the molecule is CN1CCN(C(CNC(=O)C(=O)Nc2cccc(F)c2)c2ccc3c(c2)CCCN3C)CC1. The van der Waals surface area contributed by atoms with Crippen LogP contribution >= 0.6 is 0 Å². The number of halogens is 1. The van der Waals surface area contributed by atoms with Crippen molar-refractivity contribution in [3.05, 3.63) is 59.4 Å². The number of aryl methyl sites for hydroxylation is 1. The summed E-state index contributed by atoms with van der Waals surface area (Å²) in [6.45, 7) is 5.09. The predicted molar refractivity (Wildman–Crippen MR) is 128 cm³/mol. The van der Waals surface area contributed by atoms with Crippen LogP contribution in [0.2, 0.25) is 0 Å². The summed E-state index contributed by atoms with van der Waals surface area (Å²) in [6.07, 6.45) is 2.18. The summed E-state index contributed by atoms with van der Waals surface area (Å²) in [5, 5.41) is 5.26. The van der Waals surface area contributed by atoms with E-state index in [-0.39, 0.29) is 11.7 Å². The number of piperazine rings is 1. The molecule has 2 heterocycles. The molecule has 2 amide bonds. The Labute approximate surface area is 194 Å². The van der Waals surface area contributed by atoms with Crippen LogP contribution in [0.4, 0.5) is 15.8 Å². The molecule has 0 radical (unpaired) electrons. The van der Waals surface area contributed by atoms with Crippen molar-refractivity contribution in [2.45, 2.75) is 18.9 Å². The molecule has 0 aromatic heterocycles. The van der Waals surface area contributed by atoms with Gasteiger partial charge in [0.2, 0.25) is 0 Å². The molecule has 2 N–H and O–H groups in total. The van der Waals surface area contributed by atoms with Crippen molar-refractivity contribution in [1.82, 2.24) is 15.1 Å². The summed E-state index contributed by atoms with van der Waals surface area (Å²) in [7, 11) is 4.23. The second-order valence-corrected chi connectivity index (χ2v) is 8.94. The largest absolute Gasteiger partial charge is 0.374 e. The maximum Gasteiger partial charge on any atom is 0.313 e. The molecular weight excluding hydrogens is 421 g/mol. The van der Waals surface area contributed by atoms with Crippen LogP contribution in [0.15, 0.2) is 42.5 Å². The zero-order chi connectivity index (χ0) is 23.4. The Hall–Kier alpha value is -2.97. The molecule has 8 heteroatoms. The number of hydrogen-bond donors (Lipinski definition) is 2. The average molecular weight is 454 g/mol. The number of nitrogens with one attached hydrogen (secondary N) is 2. The van der Waals surface area contributed by atoms with Crippen LogP contribution in [0.5, 0.6) is 0 Å². The van der Waals surface area contributed by atoms with Gasteiger partial charge < -0.3 is 20.4 Å². The molecule has 0 saturated carbocycles. The fourth-order valence-corrected chi connectivity index (χ4v) is 4.63. The maximum absolute atomic E-state index is 13.4. The van der Waals surface area contributed by atoms with Crippen LogP contribution in [0.25, 0.3) is 0 Å². The number of fused-ring (bicyclic) bond motifs is 1. The highest BCUT2D eigenvalue weighted by molar-refractivity contribution is 6.39. The minimum Gasteiger partial charge on any atom is -0.374 e. The van der Waals surface area contributed by atoms with Crippen LogP contribution in [-0.2, 0) is 16.0 Å². The van der Waals surface area contributed by atoms with Gasteiger partial charge in [-0.25, -0.2) is 4.39 Å². The quantitative estimate of drug-likeness (QED) is 0.680. The van der Waals surface area contributed by atoms with Crippen LogP contribution in [-0.4, -0.2) is 75.0 Å². The Morgan fingerprint density at radius 3 is 2.55 bits per heavy atom. The molecule has 7 nitrogen and oxygen atoms in total. The van der Waals surface area contributed by atoms with Crippen molar-refractivity contribution in [3.8, 4) is 0 Å². The lowest BCUT2D eigenvalue weighted by Crippen LogP contribution is -2.49. The van der Waals surface area contributed by atoms with Gasteiger partial charge >= 0.3 is 11.8 Å². The Balaban J connectivity index is 1.47. The zero-order valence-corrected chi connectivity index (χ0v) is 19.3. The lowest BCUT2D eigenvalue weighted by molar-refractivity contribution is -0.136. The van der Waals surface area contributed by atoms with Crippen LogP contribution in [0, 0.1) is 5.82 Å². The summed E-state index contributed by atoms with van der Waals surface area (Å²) in [6, 6.07) is 12.0. The molecule has 4 rings (SSSR count). The third-order valence-electron chi connectivity index (χ3n) is 6.56. The number of hydrogen-bond acceptors (Lipinski definition) is 5. The molecule has 2 aromatic carbocycles. The summed E-state index contributed by atoms with van der Waals surface area (Å²) in [5.74, 6) is -2.00. The van der Waals surface area contributed by atoms with E-state index in [4.69, 9.17) is 0 Å². The molecule has 1 unspecified atom stereocenters. The van der Waals surface area contributed by atoms with E-state index in [2.05, 4.69) is 57.6 Å². The van der Waals surface area contributed by atoms with Gasteiger partial charge in [0.1, 0.15) is 5.82 Å². The molecule has 0 aliphatic carbocycles. The first kappa shape index (κ1) is 23.2. The van der Waals surface area contributed by atoms with Crippen molar-refractivity contribution < 1.29 is 14.0 Å². The summed E-state index contributed by atoms with van der Waals surface area (Å²) < 4.78 is 13.4. The number of carbonyl (C=O) groups excluding carboxylic acids is 2. The summed E-state index contributed by atoms with van der Waals surface area (Å²) >= 11 is 0. The van der Waals surface area contributed by atoms with Gasteiger partial charge in [0.05, 0.1) is 6.04 Å². The van der Waals surface area contributed by atoms with Gasteiger partial charge in [0, 0.05) is 57.7 Å². The minimum absolute atomic E-state index is 0.0258. The molecule has 1 atom stereocenters. The maximum atomic E-state index is 13.4. The standard InChI is InChI=1S/C25H32FN5O2/c1-29-11-13-31(14-12-29)23(19-8-9-22-18(15-19)5-4-10-30(22)2)17-27-24(32)25(33)28-21-7-3-6-20(26)16-21/h3,6-9,15-16,23H,4-5,10-14,17H2,1-2H3,(H,27,32)(H,28,33). The fourth-order valence-electron chi connectivity index (χ4n) is 4.63. The molecule has 0 bridgehead atoms. The first-order chi connectivity index (χ1) is 15.9. The third-order valence-corrected chi connectivity index (χ3v) is 6.56.